The maximum absolute atomic E-state index is 12.6. The number of hydrogen-bond donors (Lipinski definition) is 2. The van der Waals surface area contributed by atoms with Crippen LogP contribution in [0.4, 0.5) is 5.69 Å². The van der Waals surface area contributed by atoms with Crippen LogP contribution in [-0.2, 0) is 16.6 Å². The molecule has 3 aromatic carbocycles. The van der Waals surface area contributed by atoms with Gasteiger partial charge in [0, 0.05) is 17.8 Å². The standard InChI is InChI=1S/C24H26N2O4S/c1-2-3-16-25-31(28,29)23-11-7-10-20(17-23)24(27)26-21-12-14-22(15-13-21)30-18-19-8-5-4-6-9-19/h4-15,17,25H,2-3,16,18H2,1H3,(H,26,27). The van der Waals surface area contributed by atoms with E-state index in [4.69, 9.17) is 4.74 Å². The molecule has 0 aliphatic rings. The summed E-state index contributed by atoms with van der Waals surface area (Å²) in [6, 6.07) is 22.9. The number of unbranched alkanes of at least 4 members (excludes halogenated alkanes) is 1. The summed E-state index contributed by atoms with van der Waals surface area (Å²) in [6.45, 7) is 2.81. The van der Waals surface area contributed by atoms with Crippen LogP contribution in [0.3, 0.4) is 0 Å². The minimum absolute atomic E-state index is 0.0703. The van der Waals surface area contributed by atoms with E-state index in [-0.39, 0.29) is 16.4 Å². The zero-order valence-corrected chi connectivity index (χ0v) is 18.2. The summed E-state index contributed by atoms with van der Waals surface area (Å²) >= 11 is 0. The Balaban J connectivity index is 1.61. The third kappa shape index (κ3) is 6.67. The van der Waals surface area contributed by atoms with Crippen molar-refractivity contribution in [1.82, 2.24) is 4.72 Å². The third-order valence-electron chi connectivity index (χ3n) is 4.59. The van der Waals surface area contributed by atoms with E-state index >= 15 is 0 Å². The molecule has 3 aromatic rings. The van der Waals surface area contributed by atoms with Crippen molar-refractivity contribution in [2.75, 3.05) is 11.9 Å². The minimum Gasteiger partial charge on any atom is -0.489 e. The van der Waals surface area contributed by atoms with Crippen LogP contribution in [0.5, 0.6) is 5.75 Å². The first-order valence-corrected chi connectivity index (χ1v) is 11.6. The van der Waals surface area contributed by atoms with Gasteiger partial charge in [-0.05, 0) is 54.4 Å². The van der Waals surface area contributed by atoms with Gasteiger partial charge in [-0.2, -0.15) is 0 Å². The van der Waals surface area contributed by atoms with Gasteiger partial charge < -0.3 is 10.1 Å². The van der Waals surface area contributed by atoms with Crippen LogP contribution in [0.25, 0.3) is 0 Å². The summed E-state index contributed by atoms with van der Waals surface area (Å²) in [6.07, 6.45) is 1.64. The number of amides is 1. The maximum atomic E-state index is 12.6. The van der Waals surface area contributed by atoms with Gasteiger partial charge in [-0.15, -0.1) is 0 Å². The molecule has 7 heteroatoms. The third-order valence-corrected chi connectivity index (χ3v) is 6.05. The molecule has 3 rings (SSSR count). The average molecular weight is 439 g/mol. The largest absolute Gasteiger partial charge is 0.489 e. The van der Waals surface area contributed by atoms with Crippen molar-refractivity contribution in [2.45, 2.75) is 31.3 Å². The maximum Gasteiger partial charge on any atom is 0.255 e. The summed E-state index contributed by atoms with van der Waals surface area (Å²) < 4.78 is 33.1. The Kier molecular flexibility index (Phi) is 7.81. The summed E-state index contributed by atoms with van der Waals surface area (Å²) in [5, 5.41) is 2.78. The SMILES string of the molecule is CCCCNS(=O)(=O)c1cccc(C(=O)Nc2ccc(OCc3ccccc3)cc2)c1. The highest BCUT2D eigenvalue weighted by atomic mass is 32.2. The zero-order valence-electron chi connectivity index (χ0n) is 17.4. The fourth-order valence-corrected chi connectivity index (χ4v) is 3.97. The van der Waals surface area contributed by atoms with E-state index in [1.165, 1.54) is 12.1 Å². The highest BCUT2D eigenvalue weighted by molar-refractivity contribution is 7.89. The number of ether oxygens (including phenoxy) is 1. The molecule has 0 bridgehead atoms. The molecular weight excluding hydrogens is 412 g/mol. The van der Waals surface area contributed by atoms with E-state index < -0.39 is 10.0 Å². The van der Waals surface area contributed by atoms with Gasteiger partial charge in [0.1, 0.15) is 12.4 Å². The predicted octanol–water partition coefficient (Wildman–Crippen LogP) is 4.60. The predicted molar refractivity (Wildman–Crippen MR) is 122 cm³/mol. The number of hydrogen-bond acceptors (Lipinski definition) is 4. The number of sulfonamides is 1. The highest BCUT2D eigenvalue weighted by Gasteiger charge is 2.16. The number of benzene rings is 3. The first kappa shape index (κ1) is 22.5. The summed E-state index contributed by atoms with van der Waals surface area (Å²) in [7, 11) is -3.64. The Morgan fingerprint density at radius 1 is 0.935 bits per heavy atom. The molecule has 0 saturated carbocycles. The lowest BCUT2D eigenvalue weighted by atomic mass is 10.2. The average Bonchev–Trinajstić information content (AvgIpc) is 2.79. The van der Waals surface area contributed by atoms with Crippen LogP contribution in [0, 0.1) is 0 Å². The molecule has 0 aliphatic carbocycles. The van der Waals surface area contributed by atoms with Gasteiger partial charge in [0.2, 0.25) is 10.0 Å². The Morgan fingerprint density at radius 3 is 2.39 bits per heavy atom. The van der Waals surface area contributed by atoms with Gasteiger partial charge in [0.05, 0.1) is 4.90 Å². The normalized spacial score (nSPS) is 11.1. The van der Waals surface area contributed by atoms with E-state index in [2.05, 4.69) is 10.0 Å². The van der Waals surface area contributed by atoms with Crippen molar-refractivity contribution in [2.24, 2.45) is 0 Å². The van der Waals surface area contributed by atoms with E-state index in [1.54, 1.807) is 36.4 Å². The van der Waals surface area contributed by atoms with Gasteiger partial charge in [-0.1, -0.05) is 49.7 Å². The van der Waals surface area contributed by atoms with Crippen LogP contribution in [0.15, 0.2) is 83.8 Å². The quantitative estimate of drug-likeness (QED) is 0.453. The van der Waals surface area contributed by atoms with Gasteiger partial charge in [0.15, 0.2) is 0 Å². The lowest BCUT2D eigenvalue weighted by molar-refractivity contribution is 0.102. The van der Waals surface area contributed by atoms with E-state index in [1.807, 2.05) is 37.3 Å². The van der Waals surface area contributed by atoms with Crippen molar-refractivity contribution in [1.29, 1.82) is 0 Å². The second kappa shape index (κ2) is 10.7. The Labute approximate surface area is 183 Å². The second-order valence-electron chi connectivity index (χ2n) is 7.03. The molecular formula is C24H26N2O4S. The zero-order chi connectivity index (χ0) is 22.1. The van der Waals surface area contributed by atoms with Crippen molar-refractivity contribution < 1.29 is 17.9 Å². The first-order valence-electron chi connectivity index (χ1n) is 10.2. The number of rotatable bonds is 10. The summed E-state index contributed by atoms with van der Waals surface area (Å²) in [5.41, 5.74) is 1.92. The van der Waals surface area contributed by atoms with Crippen molar-refractivity contribution >= 4 is 21.6 Å². The molecule has 6 nitrogen and oxygen atoms in total. The number of anilines is 1. The van der Waals surface area contributed by atoms with Crippen molar-refractivity contribution in [3.63, 3.8) is 0 Å². The molecule has 0 heterocycles. The van der Waals surface area contributed by atoms with Gasteiger partial charge in [-0.3, -0.25) is 4.79 Å². The number of carbonyl (C=O) groups excluding carboxylic acids is 1. The van der Waals surface area contributed by atoms with Crippen LogP contribution < -0.4 is 14.8 Å². The molecule has 162 valence electrons. The second-order valence-corrected chi connectivity index (χ2v) is 8.80. The summed E-state index contributed by atoms with van der Waals surface area (Å²) in [4.78, 5) is 12.7. The number of carbonyl (C=O) groups is 1. The first-order chi connectivity index (χ1) is 15.0. The molecule has 31 heavy (non-hydrogen) atoms. The molecule has 0 spiro atoms. The molecule has 2 N–H and O–H groups in total. The van der Waals surface area contributed by atoms with Crippen LogP contribution in [0.1, 0.15) is 35.7 Å². The Hall–Kier alpha value is -3.16. The summed E-state index contributed by atoms with van der Waals surface area (Å²) in [5.74, 6) is 0.302. The number of nitrogens with one attached hydrogen (secondary N) is 2. The van der Waals surface area contributed by atoms with Crippen LogP contribution in [-0.4, -0.2) is 20.9 Å². The molecule has 0 saturated heterocycles. The monoisotopic (exact) mass is 438 g/mol. The van der Waals surface area contributed by atoms with E-state index in [0.717, 1.165) is 18.4 Å². The molecule has 0 atom stereocenters. The van der Waals surface area contributed by atoms with Gasteiger partial charge >= 0.3 is 0 Å². The highest BCUT2D eigenvalue weighted by Crippen LogP contribution is 2.19. The fourth-order valence-electron chi connectivity index (χ4n) is 2.85. The van der Waals surface area contributed by atoms with Crippen LogP contribution >= 0.6 is 0 Å². The minimum atomic E-state index is -3.64. The lowest BCUT2D eigenvalue weighted by Crippen LogP contribution is -2.25. The van der Waals surface area contributed by atoms with Crippen LogP contribution in [0.2, 0.25) is 0 Å². The smallest absolute Gasteiger partial charge is 0.255 e. The Bertz CT molecular complexity index is 1100. The lowest BCUT2D eigenvalue weighted by Gasteiger charge is -2.10. The molecule has 0 radical (unpaired) electrons. The molecule has 0 fully saturated rings. The van der Waals surface area contributed by atoms with Gasteiger partial charge in [0.25, 0.3) is 5.91 Å². The Morgan fingerprint density at radius 2 is 1.68 bits per heavy atom. The molecule has 0 aromatic heterocycles. The van der Waals surface area contributed by atoms with E-state index in [9.17, 15) is 13.2 Å². The van der Waals surface area contributed by atoms with Crippen molar-refractivity contribution in [3.8, 4) is 5.75 Å². The molecule has 0 aliphatic heterocycles. The topological polar surface area (TPSA) is 84.5 Å². The fraction of sp³-hybridized carbons (Fsp3) is 0.208. The van der Waals surface area contributed by atoms with E-state index in [0.29, 0.717) is 24.6 Å². The van der Waals surface area contributed by atoms with Crippen molar-refractivity contribution in [3.05, 3.63) is 90.0 Å². The molecule has 0 unspecified atom stereocenters. The van der Waals surface area contributed by atoms with Gasteiger partial charge in [-0.25, -0.2) is 13.1 Å². The molecule has 1 amide bonds.